The Morgan fingerprint density at radius 1 is 0.947 bits per heavy atom. The average Bonchev–Trinajstić information content (AvgIpc) is 2.42. The van der Waals surface area contributed by atoms with E-state index in [0.29, 0.717) is 12.2 Å². The van der Waals surface area contributed by atoms with Crippen molar-refractivity contribution in [3.63, 3.8) is 0 Å². The van der Waals surface area contributed by atoms with Crippen molar-refractivity contribution in [1.29, 1.82) is 0 Å². The lowest BCUT2D eigenvalue weighted by Gasteiger charge is -2.10. The third-order valence-corrected chi connectivity index (χ3v) is 3.43. The Hall–Kier alpha value is -1.89. The monoisotopic (exact) mass is 252 g/mol. The van der Waals surface area contributed by atoms with Gasteiger partial charge in [0.2, 0.25) is 0 Å². The molecule has 0 aliphatic heterocycles. The van der Waals surface area contributed by atoms with E-state index in [0.717, 1.165) is 12.0 Å². The zero-order valence-electron chi connectivity index (χ0n) is 11.6. The number of rotatable bonds is 5. The molecular formula is C18H20O. The minimum absolute atomic E-state index is 0.0729. The van der Waals surface area contributed by atoms with Gasteiger partial charge in [0.25, 0.3) is 0 Å². The molecule has 1 heteroatoms. The average molecular weight is 252 g/mol. The highest BCUT2D eigenvalue weighted by Crippen LogP contribution is 2.13. The molecule has 0 aliphatic rings. The highest BCUT2D eigenvalue weighted by Gasteiger charge is 2.13. The van der Waals surface area contributed by atoms with Gasteiger partial charge in [-0.15, -0.1) is 0 Å². The summed E-state index contributed by atoms with van der Waals surface area (Å²) in [7, 11) is 0. The predicted molar refractivity (Wildman–Crippen MR) is 79.2 cm³/mol. The Bertz CT molecular complexity index is 525. The van der Waals surface area contributed by atoms with Gasteiger partial charge in [-0.05, 0) is 24.5 Å². The number of Topliss-reactive ketones (excluding diaryl/α,β-unsaturated/α-hetero) is 1. The van der Waals surface area contributed by atoms with Crippen molar-refractivity contribution in [2.75, 3.05) is 0 Å². The van der Waals surface area contributed by atoms with E-state index in [-0.39, 0.29) is 5.92 Å². The van der Waals surface area contributed by atoms with E-state index in [1.165, 1.54) is 11.1 Å². The maximum absolute atomic E-state index is 12.2. The number of aryl methyl sites for hydroxylation is 1. The maximum Gasteiger partial charge on any atom is 0.140 e. The van der Waals surface area contributed by atoms with Gasteiger partial charge in [0.1, 0.15) is 5.78 Å². The van der Waals surface area contributed by atoms with E-state index in [1.807, 2.05) is 37.3 Å². The Labute approximate surface area is 115 Å². The molecule has 0 bridgehead atoms. The summed E-state index contributed by atoms with van der Waals surface area (Å²) in [6.45, 7) is 4.08. The molecule has 2 aromatic rings. The molecule has 0 spiro atoms. The molecule has 1 atom stereocenters. The van der Waals surface area contributed by atoms with Gasteiger partial charge in [-0.3, -0.25) is 4.79 Å². The second kappa shape index (κ2) is 6.33. The lowest BCUT2D eigenvalue weighted by atomic mass is 9.93. The van der Waals surface area contributed by atoms with Gasteiger partial charge in [-0.25, -0.2) is 0 Å². The minimum Gasteiger partial charge on any atom is -0.299 e. The van der Waals surface area contributed by atoms with Crippen LogP contribution in [0.4, 0.5) is 0 Å². The fourth-order valence-electron chi connectivity index (χ4n) is 2.16. The molecule has 0 saturated carbocycles. The SMILES string of the molecule is Cc1ccc(CC(=O)[C@H](C)Cc2ccccc2)cc1. The van der Waals surface area contributed by atoms with Crippen molar-refractivity contribution in [3.8, 4) is 0 Å². The summed E-state index contributed by atoms with van der Waals surface area (Å²) in [6.07, 6.45) is 1.36. The van der Waals surface area contributed by atoms with Gasteiger partial charge in [0, 0.05) is 12.3 Å². The highest BCUT2D eigenvalue weighted by atomic mass is 16.1. The summed E-state index contributed by atoms with van der Waals surface area (Å²) in [5.74, 6) is 0.386. The van der Waals surface area contributed by atoms with E-state index in [9.17, 15) is 4.79 Å². The van der Waals surface area contributed by atoms with Crippen molar-refractivity contribution in [3.05, 3.63) is 71.3 Å². The largest absolute Gasteiger partial charge is 0.299 e. The molecule has 0 amide bonds. The molecule has 2 rings (SSSR count). The quantitative estimate of drug-likeness (QED) is 0.786. The van der Waals surface area contributed by atoms with Gasteiger partial charge >= 0.3 is 0 Å². The summed E-state index contributed by atoms with van der Waals surface area (Å²) in [5.41, 5.74) is 3.57. The predicted octanol–water partition coefficient (Wildman–Crippen LogP) is 3.99. The first-order valence-corrected chi connectivity index (χ1v) is 6.77. The maximum atomic E-state index is 12.2. The van der Waals surface area contributed by atoms with Gasteiger partial charge in [-0.1, -0.05) is 67.1 Å². The third-order valence-electron chi connectivity index (χ3n) is 3.43. The van der Waals surface area contributed by atoms with Crippen LogP contribution in [-0.2, 0) is 17.6 Å². The topological polar surface area (TPSA) is 17.1 Å². The molecule has 0 fully saturated rings. The molecule has 19 heavy (non-hydrogen) atoms. The first kappa shape index (κ1) is 13.5. The van der Waals surface area contributed by atoms with Crippen LogP contribution in [0.25, 0.3) is 0 Å². The van der Waals surface area contributed by atoms with Crippen LogP contribution < -0.4 is 0 Å². The van der Waals surface area contributed by atoms with Crippen LogP contribution in [0.2, 0.25) is 0 Å². The molecule has 0 aliphatic carbocycles. The van der Waals surface area contributed by atoms with Crippen LogP contribution in [0.5, 0.6) is 0 Å². The summed E-state index contributed by atoms with van der Waals surface area (Å²) in [6, 6.07) is 18.4. The fourth-order valence-corrected chi connectivity index (χ4v) is 2.16. The van der Waals surface area contributed by atoms with E-state index in [2.05, 4.69) is 31.2 Å². The molecule has 98 valence electrons. The minimum atomic E-state index is 0.0729. The fraction of sp³-hybridized carbons (Fsp3) is 0.278. The Balaban J connectivity index is 1.94. The van der Waals surface area contributed by atoms with Gasteiger partial charge in [-0.2, -0.15) is 0 Å². The summed E-state index contributed by atoms with van der Waals surface area (Å²) in [5, 5.41) is 0. The summed E-state index contributed by atoms with van der Waals surface area (Å²) in [4.78, 5) is 12.2. The number of carbonyl (C=O) groups is 1. The number of benzene rings is 2. The molecule has 0 radical (unpaired) electrons. The Kier molecular flexibility index (Phi) is 4.51. The van der Waals surface area contributed by atoms with Crippen molar-refractivity contribution < 1.29 is 4.79 Å². The van der Waals surface area contributed by atoms with Crippen LogP contribution in [0.3, 0.4) is 0 Å². The summed E-state index contributed by atoms with van der Waals surface area (Å²) >= 11 is 0. The molecule has 0 heterocycles. The van der Waals surface area contributed by atoms with E-state index < -0.39 is 0 Å². The third kappa shape index (κ3) is 4.06. The zero-order valence-corrected chi connectivity index (χ0v) is 11.6. The van der Waals surface area contributed by atoms with E-state index in [1.54, 1.807) is 0 Å². The Morgan fingerprint density at radius 2 is 1.58 bits per heavy atom. The van der Waals surface area contributed by atoms with Crippen LogP contribution in [0, 0.1) is 12.8 Å². The van der Waals surface area contributed by atoms with Crippen LogP contribution in [0.1, 0.15) is 23.6 Å². The molecule has 1 nitrogen and oxygen atoms in total. The number of hydrogen-bond acceptors (Lipinski definition) is 1. The highest BCUT2D eigenvalue weighted by molar-refractivity contribution is 5.83. The number of ketones is 1. The molecule has 0 aromatic heterocycles. The number of carbonyl (C=O) groups excluding carboxylic acids is 1. The van der Waals surface area contributed by atoms with Crippen molar-refractivity contribution >= 4 is 5.78 Å². The first-order valence-electron chi connectivity index (χ1n) is 6.77. The van der Waals surface area contributed by atoms with Crippen molar-refractivity contribution in [1.82, 2.24) is 0 Å². The lowest BCUT2D eigenvalue weighted by molar-refractivity contribution is -0.121. The van der Waals surface area contributed by atoms with Gasteiger partial charge in [0.15, 0.2) is 0 Å². The van der Waals surface area contributed by atoms with Gasteiger partial charge in [0.05, 0.1) is 0 Å². The van der Waals surface area contributed by atoms with Crippen molar-refractivity contribution in [2.45, 2.75) is 26.7 Å². The smallest absolute Gasteiger partial charge is 0.140 e. The molecule has 0 saturated heterocycles. The Morgan fingerprint density at radius 3 is 2.21 bits per heavy atom. The van der Waals surface area contributed by atoms with Crippen LogP contribution in [-0.4, -0.2) is 5.78 Å². The second-order valence-electron chi connectivity index (χ2n) is 5.22. The van der Waals surface area contributed by atoms with Crippen LogP contribution >= 0.6 is 0 Å². The molecule has 0 unspecified atom stereocenters. The second-order valence-corrected chi connectivity index (χ2v) is 5.22. The first-order chi connectivity index (χ1) is 9.15. The standard InChI is InChI=1S/C18H20O/c1-14-8-10-17(11-9-14)13-18(19)15(2)12-16-6-4-3-5-7-16/h3-11,15H,12-13H2,1-2H3/t15-/m1/s1. The van der Waals surface area contributed by atoms with Gasteiger partial charge < -0.3 is 0 Å². The molecule has 0 N–H and O–H groups in total. The molecule has 2 aromatic carbocycles. The zero-order chi connectivity index (χ0) is 13.7. The normalized spacial score (nSPS) is 12.1. The van der Waals surface area contributed by atoms with Crippen LogP contribution in [0.15, 0.2) is 54.6 Å². The lowest BCUT2D eigenvalue weighted by Crippen LogP contribution is -2.16. The van der Waals surface area contributed by atoms with E-state index in [4.69, 9.17) is 0 Å². The summed E-state index contributed by atoms with van der Waals surface area (Å²) < 4.78 is 0. The van der Waals surface area contributed by atoms with Crippen molar-refractivity contribution in [2.24, 2.45) is 5.92 Å². The molecular weight excluding hydrogens is 232 g/mol. The van der Waals surface area contributed by atoms with E-state index >= 15 is 0 Å². The number of hydrogen-bond donors (Lipinski definition) is 0.